The van der Waals surface area contributed by atoms with E-state index in [-0.39, 0.29) is 0 Å². The zero-order chi connectivity index (χ0) is 10.5. The van der Waals surface area contributed by atoms with E-state index in [0.717, 1.165) is 30.4 Å². The first-order chi connectivity index (χ1) is 7.40. The van der Waals surface area contributed by atoms with E-state index in [1.807, 2.05) is 0 Å². The number of nitrogens with one attached hydrogen (secondary N) is 1. The van der Waals surface area contributed by atoms with Crippen LogP contribution in [0.15, 0.2) is 12.5 Å². The maximum absolute atomic E-state index is 4.23. The van der Waals surface area contributed by atoms with Crippen LogP contribution in [-0.4, -0.2) is 19.9 Å². The lowest BCUT2D eigenvalue weighted by molar-refractivity contribution is 0.828. The predicted octanol–water partition coefficient (Wildman–Crippen LogP) is 1.89. The van der Waals surface area contributed by atoms with Crippen molar-refractivity contribution in [2.45, 2.75) is 26.2 Å². The highest BCUT2D eigenvalue weighted by molar-refractivity contribution is 5.68. The molecule has 0 spiro atoms. The second kappa shape index (κ2) is 4.56. The van der Waals surface area contributed by atoms with Gasteiger partial charge in [-0.25, -0.2) is 15.0 Å². The van der Waals surface area contributed by atoms with Gasteiger partial charge in [-0.2, -0.15) is 0 Å². The third kappa shape index (κ3) is 2.32. The van der Waals surface area contributed by atoms with Gasteiger partial charge in [0, 0.05) is 6.42 Å². The van der Waals surface area contributed by atoms with E-state index in [1.165, 1.54) is 0 Å². The van der Waals surface area contributed by atoms with Crippen molar-refractivity contribution in [3.63, 3.8) is 0 Å². The van der Waals surface area contributed by atoms with Crippen molar-refractivity contribution in [1.29, 1.82) is 0 Å². The summed E-state index contributed by atoms with van der Waals surface area (Å²) >= 11 is 0. The van der Waals surface area contributed by atoms with E-state index in [9.17, 15) is 0 Å². The first-order valence-electron chi connectivity index (χ1n) is 5.05. The van der Waals surface area contributed by atoms with Gasteiger partial charge in [-0.3, -0.25) is 0 Å². The number of hydrogen-bond donors (Lipinski definition) is 1. The topological polar surface area (TPSA) is 54.5 Å². The fourth-order valence-corrected chi connectivity index (χ4v) is 1.21. The summed E-state index contributed by atoms with van der Waals surface area (Å²) in [5.74, 6) is 6.55. The van der Waals surface area contributed by atoms with Gasteiger partial charge < -0.3 is 4.98 Å². The molecule has 0 bridgehead atoms. The van der Waals surface area contributed by atoms with E-state index < -0.39 is 0 Å². The number of fused-ring (bicyclic) bond motifs is 1. The molecule has 0 amide bonds. The minimum absolute atomic E-state index is 0.558. The standard InChI is InChI=1S/C11H12N4/c1-2-3-4-5-6-10-12-7-9-11(15-10)14-8-13-9/h7-8H,2-4H2,1H3,(H,12,13,14,15). The van der Waals surface area contributed by atoms with Gasteiger partial charge in [0.25, 0.3) is 0 Å². The third-order valence-corrected chi connectivity index (χ3v) is 2.03. The third-order valence-electron chi connectivity index (χ3n) is 2.03. The van der Waals surface area contributed by atoms with Crippen molar-refractivity contribution < 1.29 is 0 Å². The van der Waals surface area contributed by atoms with Crippen LogP contribution in [0, 0.1) is 11.8 Å². The highest BCUT2D eigenvalue weighted by Gasteiger charge is 1.97. The van der Waals surface area contributed by atoms with Crippen LogP contribution in [0.1, 0.15) is 32.0 Å². The number of aromatic amines is 1. The van der Waals surface area contributed by atoms with Gasteiger partial charge in [-0.1, -0.05) is 19.3 Å². The molecule has 0 aromatic carbocycles. The highest BCUT2D eigenvalue weighted by atomic mass is 15.0. The number of rotatable bonds is 2. The smallest absolute Gasteiger partial charge is 0.206 e. The number of hydrogen-bond acceptors (Lipinski definition) is 3. The molecule has 15 heavy (non-hydrogen) atoms. The number of aromatic nitrogens is 4. The Morgan fingerprint density at radius 2 is 2.33 bits per heavy atom. The van der Waals surface area contributed by atoms with Crippen LogP contribution in [0.3, 0.4) is 0 Å². The van der Waals surface area contributed by atoms with E-state index in [0.29, 0.717) is 5.82 Å². The summed E-state index contributed by atoms with van der Waals surface area (Å²) in [4.78, 5) is 15.3. The Morgan fingerprint density at radius 3 is 3.20 bits per heavy atom. The van der Waals surface area contributed by atoms with Crippen molar-refractivity contribution in [1.82, 2.24) is 19.9 Å². The minimum atomic E-state index is 0.558. The van der Waals surface area contributed by atoms with Gasteiger partial charge in [0.05, 0.1) is 12.5 Å². The molecular weight excluding hydrogens is 188 g/mol. The molecule has 0 atom stereocenters. The maximum Gasteiger partial charge on any atom is 0.206 e. The average Bonchev–Trinajstić information content (AvgIpc) is 2.71. The average molecular weight is 200 g/mol. The largest absolute Gasteiger partial charge is 0.329 e. The summed E-state index contributed by atoms with van der Waals surface area (Å²) in [6, 6.07) is 0. The fourth-order valence-electron chi connectivity index (χ4n) is 1.21. The summed E-state index contributed by atoms with van der Waals surface area (Å²) in [7, 11) is 0. The monoisotopic (exact) mass is 200 g/mol. The molecule has 2 aromatic rings. The van der Waals surface area contributed by atoms with Crippen LogP contribution >= 0.6 is 0 Å². The molecule has 0 aliphatic heterocycles. The first-order valence-corrected chi connectivity index (χ1v) is 5.05. The van der Waals surface area contributed by atoms with Crippen LogP contribution < -0.4 is 0 Å². The molecule has 0 aliphatic rings. The molecule has 0 radical (unpaired) electrons. The van der Waals surface area contributed by atoms with Gasteiger partial charge in [0.2, 0.25) is 5.82 Å². The molecule has 0 fully saturated rings. The first kappa shape index (κ1) is 9.66. The Balaban J connectivity index is 2.16. The van der Waals surface area contributed by atoms with Gasteiger partial charge in [0.15, 0.2) is 5.65 Å². The normalized spacial score (nSPS) is 9.93. The number of imidazole rings is 1. The predicted molar refractivity (Wildman–Crippen MR) is 58.1 cm³/mol. The van der Waals surface area contributed by atoms with E-state index in [2.05, 4.69) is 38.7 Å². The van der Waals surface area contributed by atoms with E-state index in [1.54, 1.807) is 12.5 Å². The molecule has 4 nitrogen and oxygen atoms in total. The van der Waals surface area contributed by atoms with Crippen LogP contribution in [0.5, 0.6) is 0 Å². The summed E-state index contributed by atoms with van der Waals surface area (Å²) < 4.78 is 0. The van der Waals surface area contributed by atoms with E-state index in [4.69, 9.17) is 0 Å². The van der Waals surface area contributed by atoms with Gasteiger partial charge in [-0.15, -0.1) is 0 Å². The van der Waals surface area contributed by atoms with Crippen LogP contribution in [-0.2, 0) is 0 Å². The number of nitrogens with zero attached hydrogens (tertiary/aromatic N) is 3. The number of unbranched alkanes of at least 4 members (excludes halogenated alkanes) is 2. The lowest BCUT2D eigenvalue weighted by atomic mass is 10.2. The Labute approximate surface area is 88.2 Å². The van der Waals surface area contributed by atoms with Gasteiger partial charge in [0.1, 0.15) is 5.52 Å². The second-order valence-corrected chi connectivity index (χ2v) is 3.24. The van der Waals surface area contributed by atoms with Crippen molar-refractivity contribution >= 4 is 11.2 Å². The Morgan fingerprint density at radius 1 is 1.40 bits per heavy atom. The molecule has 4 heteroatoms. The molecule has 0 saturated heterocycles. The maximum atomic E-state index is 4.23. The Hall–Kier alpha value is -1.89. The molecule has 76 valence electrons. The van der Waals surface area contributed by atoms with Crippen LogP contribution in [0.2, 0.25) is 0 Å². The fraction of sp³-hybridized carbons (Fsp3) is 0.364. The highest BCUT2D eigenvalue weighted by Crippen LogP contribution is 2.03. The Bertz CT molecular complexity index is 504. The summed E-state index contributed by atoms with van der Waals surface area (Å²) in [6.45, 7) is 2.15. The minimum Gasteiger partial charge on any atom is -0.329 e. The second-order valence-electron chi connectivity index (χ2n) is 3.24. The van der Waals surface area contributed by atoms with Crippen LogP contribution in [0.4, 0.5) is 0 Å². The molecule has 0 aliphatic carbocycles. The van der Waals surface area contributed by atoms with Crippen molar-refractivity contribution in [2.24, 2.45) is 0 Å². The van der Waals surface area contributed by atoms with Gasteiger partial charge in [-0.05, 0) is 12.3 Å². The van der Waals surface area contributed by atoms with Crippen molar-refractivity contribution in [2.75, 3.05) is 0 Å². The number of H-pyrrole nitrogens is 1. The lowest BCUT2D eigenvalue weighted by Crippen LogP contribution is -1.88. The molecule has 1 N–H and O–H groups in total. The van der Waals surface area contributed by atoms with Crippen LogP contribution in [0.25, 0.3) is 11.2 Å². The zero-order valence-corrected chi connectivity index (χ0v) is 8.62. The molecular formula is C11H12N4. The molecule has 2 aromatic heterocycles. The molecule has 2 rings (SSSR count). The summed E-state index contributed by atoms with van der Waals surface area (Å²) in [6.07, 6.45) is 6.48. The molecule has 2 heterocycles. The van der Waals surface area contributed by atoms with Crippen molar-refractivity contribution in [3.8, 4) is 11.8 Å². The van der Waals surface area contributed by atoms with Crippen molar-refractivity contribution in [3.05, 3.63) is 18.3 Å². The molecule has 0 saturated carbocycles. The molecule has 0 unspecified atom stereocenters. The summed E-state index contributed by atoms with van der Waals surface area (Å²) in [5.41, 5.74) is 1.51. The SMILES string of the molecule is CCCCC#Cc1ncc2nc[nH]c2n1. The zero-order valence-electron chi connectivity index (χ0n) is 8.62. The lowest BCUT2D eigenvalue weighted by Gasteiger charge is -1.89. The summed E-state index contributed by atoms with van der Waals surface area (Å²) in [5, 5.41) is 0. The van der Waals surface area contributed by atoms with E-state index >= 15 is 0 Å². The van der Waals surface area contributed by atoms with Gasteiger partial charge >= 0.3 is 0 Å². The Kier molecular flexibility index (Phi) is 2.93. The quantitative estimate of drug-likeness (QED) is 0.595.